The van der Waals surface area contributed by atoms with Crippen LogP contribution in [-0.2, 0) is 4.79 Å². The van der Waals surface area contributed by atoms with Crippen molar-refractivity contribution in [3.05, 3.63) is 42.0 Å². The van der Waals surface area contributed by atoms with Gasteiger partial charge in [-0.1, -0.05) is 44.2 Å². The van der Waals surface area contributed by atoms with Crippen LogP contribution in [0.25, 0.3) is 10.8 Å². The van der Waals surface area contributed by atoms with Gasteiger partial charge in [-0.3, -0.25) is 4.79 Å². The number of amides is 1. The summed E-state index contributed by atoms with van der Waals surface area (Å²) >= 11 is 0. The molecular weight excluding hydrogens is 210 g/mol. The maximum Gasteiger partial charge on any atom is 0.232 e. The first kappa shape index (κ1) is 10.3. The molecule has 1 aliphatic rings. The average Bonchev–Trinajstić information content (AvgIpc) is 2.28. The molecule has 2 aromatic rings. The van der Waals surface area contributed by atoms with Crippen molar-refractivity contribution in [2.24, 2.45) is 5.92 Å². The third-order valence-electron chi connectivity index (χ3n) is 3.48. The largest absolute Gasteiger partial charge is 0.325 e. The Hall–Kier alpha value is -1.83. The van der Waals surface area contributed by atoms with Crippen molar-refractivity contribution >= 4 is 22.4 Å². The van der Waals surface area contributed by atoms with Gasteiger partial charge >= 0.3 is 0 Å². The summed E-state index contributed by atoms with van der Waals surface area (Å²) in [5.41, 5.74) is 2.11. The molecule has 2 heteroatoms. The number of hydrogen-bond acceptors (Lipinski definition) is 1. The summed E-state index contributed by atoms with van der Waals surface area (Å²) in [6.07, 6.45) is 0. The molecule has 1 amide bonds. The fraction of sp³-hybridized carbons (Fsp3) is 0.267. The zero-order valence-electron chi connectivity index (χ0n) is 10.0. The first-order valence-electron chi connectivity index (χ1n) is 6.01. The van der Waals surface area contributed by atoms with Crippen LogP contribution in [0.5, 0.6) is 0 Å². The van der Waals surface area contributed by atoms with Crippen LogP contribution < -0.4 is 5.32 Å². The standard InChI is InChI=1S/C15H15NO/c1-9(2)13-11-7-3-5-10-6-4-8-12(14(10)11)16-15(13)17/h3-9,13H,1-2H3,(H,16,17). The minimum atomic E-state index is -0.0337. The molecule has 1 N–H and O–H groups in total. The van der Waals surface area contributed by atoms with Gasteiger partial charge in [0.05, 0.1) is 5.92 Å². The van der Waals surface area contributed by atoms with E-state index in [1.54, 1.807) is 0 Å². The highest BCUT2D eigenvalue weighted by Gasteiger charge is 2.30. The van der Waals surface area contributed by atoms with E-state index in [2.05, 4.69) is 37.4 Å². The van der Waals surface area contributed by atoms with Gasteiger partial charge in [0.2, 0.25) is 5.91 Å². The Morgan fingerprint density at radius 3 is 2.53 bits per heavy atom. The Kier molecular flexibility index (Phi) is 2.18. The zero-order chi connectivity index (χ0) is 12.0. The van der Waals surface area contributed by atoms with Gasteiger partial charge in [0, 0.05) is 11.1 Å². The fourth-order valence-corrected chi connectivity index (χ4v) is 2.75. The van der Waals surface area contributed by atoms with Crippen molar-refractivity contribution in [1.82, 2.24) is 0 Å². The molecule has 0 fully saturated rings. The highest BCUT2D eigenvalue weighted by atomic mass is 16.1. The second-order valence-corrected chi connectivity index (χ2v) is 4.96. The Bertz CT molecular complexity index is 596. The van der Waals surface area contributed by atoms with E-state index in [0.717, 1.165) is 11.3 Å². The minimum absolute atomic E-state index is 0.0337. The minimum Gasteiger partial charge on any atom is -0.325 e. The molecule has 0 aliphatic carbocycles. The molecule has 3 rings (SSSR count). The molecule has 1 heterocycles. The van der Waals surface area contributed by atoms with Crippen LogP contribution in [-0.4, -0.2) is 5.91 Å². The third-order valence-corrected chi connectivity index (χ3v) is 3.48. The van der Waals surface area contributed by atoms with Crippen LogP contribution in [0.3, 0.4) is 0 Å². The van der Waals surface area contributed by atoms with Crippen LogP contribution in [0, 0.1) is 5.92 Å². The number of rotatable bonds is 1. The number of anilines is 1. The van der Waals surface area contributed by atoms with E-state index in [0.29, 0.717) is 5.92 Å². The summed E-state index contributed by atoms with van der Waals surface area (Å²) in [7, 11) is 0. The summed E-state index contributed by atoms with van der Waals surface area (Å²) < 4.78 is 0. The van der Waals surface area contributed by atoms with E-state index in [1.807, 2.05) is 18.2 Å². The van der Waals surface area contributed by atoms with Crippen molar-refractivity contribution in [3.8, 4) is 0 Å². The molecule has 0 spiro atoms. The molecule has 86 valence electrons. The van der Waals surface area contributed by atoms with Crippen molar-refractivity contribution < 1.29 is 4.79 Å². The molecule has 0 aromatic heterocycles. The number of carbonyl (C=O) groups excluding carboxylic acids is 1. The predicted molar refractivity (Wildman–Crippen MR) is 70.2 cm³/mol. The lowest BCUT2D eigenvalue weighted by molar-refractivity contribution is -0.118. The van der Waals surface area contributed by atoms with Crippen LogP contribution in [0.2, 0.25) is 0 Å². The van der Waals surface area contributed by atoms with Gasteiger partial charge in [0.25, 0.3) is 0 Å². The van der Waals surface area contributed by atoms with E-state index in [-0.39, 0.29) is 11.8 Å². The number of hydrogen-bond donors (Lipinski definition) is 1. The van der Waals surface area contributed by atoms with E-state index in [9.17, 15) is 4.79 Å². The molecular formula is C15H15NO. The smallest absolute Gasteiger partial charge is 0.232 e. The lowest BCUT2D eigenvalue weighted by Crippen LogP contribution is -2.28. The number of carbonyl (C=O) groups is 1. The highest BCUT2D eigenvalue weighted by molar-refractivity contribution is 6.11. The quantitative estimate of drug-likeness (QED) is 0.790. The van der Waals surface area contributed by atoms with E-state index in [4.69, 9.17) is 0 Å². The molecule has 0 saturated heterocycles. The topological polar surface area (TPSA) is 29.1 Å². The SMILES string of the molecule is CC(C)C1C(=O)Nc2cccc3cccc1c23. The van der Waals surface area contributed by atoms with Crippen LogP contribution in [0.4, 0.5) is 5.69 Å². The monoisotopic (exact) mass is 225 g/mol. The molecule has 1 atom stereocenters. The summed E-state index contributed by atoms with van der Waals surface area (Å²) in [6.45, 7) is 4.19. The van der Waals surface area contributed by atoms with Gasteiger partial charge in [-0.05, 0) is 22.9 Å². The molecule has 2 aromatic carbocycles. The van der Waals surface area contributed by atoms with Gasteiger partial charge < -0.3 is 5.32 Å². The Morgan fingerprint density at radius 2 is 1.82 bits per heavy atom. The average molecular weight is 225 g/mol. The molecule has 17 heavy (non-hydrogen) atoms. The number of benzene rings is 2. The summed E-state index contributed by atoms with van der Waals surface area (Å²) in [4.78, 5) is 12.1. The zero-order valence-corrected chi connectivity index (χ0v) is 10.0. The van der Waals surface area contributed by atoms with Gasteiger partial charge in [0.1, 0.15) is 0 Å². The van der Waals surface area contributed by atoms with Crippen molar-refractivity contribution in [2.45, 2.75) is 19.8 Å². The van der Waals surface area contributed by atoms with Gasteiger partial charge in [-0.2, -0.15) is 0 Å². The molecule has 1 unspecified atom stereocenters. The highest BCUT2D eigenvalue weighted by Crippen LogP contribution is 2.39. The normalized spacial score (nSPS) is 18.5. The third kappa shape index (κ3) is 1.44. The maximum atomic E-state index is 12.1. The first-order chi connectivity index (χ1) is 8.18. The predicted octanol–water partition coefficient (Wildman–Crippen LogP) is 3.53. The summed E-state index contributed by atoms with van der Waals surface area (Å²) in [5.74, 6) is 0.397. The Balaban J connectivity index is 2.36. The molecule has 1 aliphatic heterocycles. The Labute approximate surface area is 101 Å². The van der Waals surface area contributed by atoms with Crippen molar-refractivity contribution in [2.75, 3.05) is 5.32 Å². The lowest BCUT2D eigenvalue weighted by atomic mass is 9.82. The van der Waals surface area contributed by atoms with Gasteiger partial charge in [0.15, 0.2) is 0 Å². The molecule has 0 saturated carbocycles. The second-order valence-electron chi connectivity index (χ2n) is 4.96. The van der Waals surface area contributed by atoms with E-state index >= 15 is 0 Å². The van der Waals surface area contributed by atoms with E-state index < -0.39 is 0 Å². The van der Waals surface area contributed by atoms with Crippen LogP contribution in [0.15, 0.2) is 36.4 Å². The van der Waals surface area contributed by atoms with Crippen LogP contribution >= 0.6 is 0 Å². The summed E-state index contributed by atoms with van der Waals surface area (Å²) in [5, 5.41) is 5.42. The van der Waals surface area contributed by atoms with Crippen molar-refractivity contribution in [1.29, 1.82) is 0 Å². The molecule has 0 radical (unpaired) electrons. The molecule has 2 nitrogen and oxygen atoms in total. The van der Waals surface area contributed by atoms with Crippen molar-refractivity contribution in [3.63, 3.8) is 0 Å². The fourth-order valence-electron chi connectivity index (χ4n) is 2.75. The van der Waals surface area contributed by atoms with Gasteiger partial charge in [-0.15, -0.1) is 0 Å². The number of nitrogens with one attached hydrogen (secondary N) is 1. The second kappa shape index (κ2) is 3.59. The summed E-state index contributed by atoms with van der Waals surface area (Å²) in [6, 6.07) is 12.3. The van der Waals surface area contributed by atoms with Gasteiger partial charge in [-0.25, -0.2) is 0 Å². The molecule has 0 bridgehead atoms. The Morgan fingerprint density at radius 1 is 1.12 bits per heavy atom. The lowest BCUT2D eigenvalue weighted by Gasteiger charge is -2.28. The maximum absolute atomic E-state index is 12.1. The van der Waals surface area contributed by atoms with E-state index in [1.165, 1.54) is 10.8 Å². The van der Waals surface area contributed by atoms with Crippen LogP contribution in [0.1, 0.15) is 25.3 Å². The first-order valence-corrected chi connectivity index (χ1v) is 6.01.